The highest BCUT2D eigenvalue weighted by atomic mass is 32.1. The normalized spacial score (nSPS) is 10.6. The van der Waals surface area contributed by atoms with Crippen LogP contribution in [0.4, 0.5) is 21.0 Å². The Morgan fingerprint density at radius 1 is 1.00 bits per heavy atom. The Morgan fingerprint density at radius 3 is 2.18 bits per heavy atom. The number of ether oxygens (including phenoxy) is 1. The Bertz CT molecular complexity index is 730. The van der Waals surface area contributed by atoms with Gasteiger partial charge in [-0.05, 0) is 48.8 Å². The molecule has 0 saturated heterocycles. The number of benzene rings is 1. The van der Waals surface area contributed by atoms with Crippen LogP contribution in [0.15, 0.2) is 41.8 Å². The van der Waals surface area contributed by atoms with E-state index in [4.69, 9.17) is 0 Å². The van der Waals surface area contributed by atoms with Crippen molar-refractivity contribution in [2.75, 3.05) is 43.9 Å². The monoisotopic (exact) mass is 404 g/mol. The van der Waals surface area contributed by atoms with Crippen LogP contribution in [0.3, 0.4) is 0 Å². The van der Waals surface area contributed by atoms with Crippen molar-refractivity contribution >= 4 is 34.8 Å². The lowest BCUT2D eigenvalue weighted by Crippen LogP contribution is -2.40. The molecule has 7 nitrogen and oxygen atoms in total. The van der Waals surface area contributed by atoms with E-state index in [1.807, 2.05) is 22.4 Å². The van der Waals surface area contributed by atoms with Crippen LogP contribution in [0.2, 0.25) is 0 Å². The second-order valence-corrected chi connectivity index (χ2v) is 7.18. The fourth-order valence-corrected chi connectivity index (χ4v) is 3.37. The Morgan fingerprint density at radius 2 is 1.64 bits per heavy atom. The number of carbonyl (C=O) groups is 2. The van der Waals surface area contributed by atoms with Gasteiger partial charge >= 0.3 is 12.1 Å². The molecule has 0 radical (unpaired) electrons. The molecule has 8 heteroatoms. The first-order valence-electron chi connectivity index (χ1n) is 9.31. The molecule has 2 aromatic rings. The summed E-state index contributed by atoms with van der Waals surface area (Å²) in [6, 6.07) is 10.8. The summed E-state index contributed by atoms with van der Waals surface area (Å²) in [5.74, 6) is 0. The average Bonchev–Trinajstić information content (AvgIpc) is 3.22. The van der Waals surface area contributed by atoms with Crippen molar-refractivity contribution in [1.82, 2.24) is 9.80 Å². The fraction of sp³-hybridized carbons (Fsp3) is 0.400. The predicted octanol–water partition coefficient (Wildman–Crippen LogP) is 4.30. The first kappa shape index (κ1) is 21.7. The third kappa shape index (κ3) is 6.86. The fourth-order valence-electron chi connectivity index (χ4n) is 2.65. The van der Waals surface area contributed by atoms with Gasteiger partial charge in [-0.1, -0.05) is 19.9 Å². The topological polar surface area (TPSA) is 73.9 Å². The second-order valence-electron chi connectivity index (χ2n) is 6.15. The van der Waals surface area contributed by atoms with Crippen LogP contribution in [0, 0.1) is 0 Å². The first-order valence-corrected chi connectivity index (χ1v) is 10.2. The van der Waals surface area contributed by atoms with Crippen LogP contribution in [-0.4, -0.2) is 55.2 Å². The second kappa shape index (κ2) is 11.3. The van der Waals surface area contributed by atoms with Gasteiger partial charge in [0.05, 0.1) is 13.7 Å². The summed E-state index contributed by atoms with van der Waals surface area (Å²) in [7, 11) is 1.31. The molecule has 2 N–H and O–H groups in total. The summed E-state index contributed by atoms with van der Waals surface area (Å²) < 4.78 is 4.57. The lowest BCUT2D eigenvalue weighted by molar-refractivity contribution is 0.187. The number of thiophene rings is 1. The van der Waals surface area contributed by atoms with E-state index in [1.54, 1.807) is 35.6 Å². The van der Waals surface area contributed by atoms with E-state index in [9.17, 15) is 9.59 Å². The maximum Gasteiger partial charge on any atom is 0.411 e. The Labute approximate surface area is 170 Å². The Kier molecular flexibility index (Phi) is 8.77. The van der Waals surface area contributed by atoms with Crippen LogP contribution in [0.1, 0.15) is 18.7 Å². The average molecular weight is 405 g/mol. The molecule has 0 fully saturated rings. The Hall–Kier alpha value is -2.58. The highest BCUT2D eigenvalue weighted by Crippen LogP contribution is 2.16. The summed E-state index contributed by atoms with van der Waals surface area (Å²) in [6.45, 7) is 8.21. The number of nitrogens with one attached hydrogen (secondary N) is 2. The van der Waals surface area contributed by atoms with Gasteiger partial charge in [-0.25, -0.2) is 9.59 Å². The van der Waals surface area contributed by atoms with Crippen LogP contribution in [0.25, 0.3) is 0 Å². The zero-order valence-electron chi connectivity index (χ0n) is 16.6. The summed E-state index contributed by atoms with van der Waals surface area (Å²) in [5.41, 5.74) is 1.27. The highest BCUT2D eigenvalue weighted by Gasteiger charge is 2.16. The number of amides is 3. The molecule has 0 saturated carbocycles. The number of likely N-dealkylation sites (N-methyl/N-ethyl adjacent to an activating group) is 1. The third-order valence-corrected chi connectivity index (χ3v) is 5.22. The van der Waals surface area contributed by atoms with Gasteiger partial charge in [0.15, 0.2) is 0 Å². The number of carbonyl (C=O) groups excluding carboxylic acids is 2. The van der Waals surface area contributed by atoms with Gasteiger partial charge < -0.3 is 19.9 Å². The molecule has 1 heterocycles. The minimum atomic E-state index is -0.532. The summed E-state index contributed by atoms with van der Waals surface area (Å²) in [6.07, 6.45) is -0.532. The largest absolute Gasteiger partial charge is 0.453 e. The number of hydrogen-bond acceptors (Lipinski definition) is 5. The van der Waals surface area contributed by atoms with Crippen LogP contribution in [-0.2, 0) is 11.3 Å². The zero-order valence-corrected chi connectivity index (χ0v) is 17.4. The van der Waals surface area contributed by atoms with Crippen molar-refractivity contribution in [3.05, 3.63) is 46.7 Å². The molecular formula is C20H28N4O3S. The van der Waals surface area contributed by atoms with Crippen molar-refractivity contribution in [3.63, 3.8) is 0 Å². The lowest BCUT2D eigenvalue weighted by atomic mass is 10.3. The number of urea groups is 1. The van der Waals surface area contributed by atoms with E-state index in [0.29, 0.717) is 24.5 Å². The molecule has 0 aliphatic carbocycles. The molecule has 0 atom stereocenters. The van der Waals surface area contributed by atoms with Crippen molar-refractivity contribution < 1.29 is 14.3 Å². The number of rotatable bonds is 9. The maximum absolute atomic E-state index is 12.8. The Balaban J connectivity index is 2.00. The SMILES string of the molecule is CCN(CC)CCN(Cc1cccs1)C(=O)Nc1ccc(NC(=O)OC)cc1. The van der Waals surface area contributed by atoms with Crippen LogP contribution in [0.5, 0.6) is 0 Å². The van der Waals surface area contributed by atoms with E-state index < -0.39 is 6.09 Å². The van der Waals surface area contributed by atoms with E-state index >= 15 is 0 Å². The van der Waals surface area contributed by atoms with E-state index in [2.05, 4.69) is 34.1 Å². The van der Waals surface area contributed by atoms with Gasteiger partial charge in [0.2, 0.25) is 0 Å². The smallest absolute Gasteiger partial charge is 0.411 e. The predicted molar refractivity (Wildman–Crippen MR) is 114 cm³/mol. The molecule has 0 aliphatic rings. The van der Waals surface area contributed by atoms with Gasteiger partial charge in [-0.15, -0.1) is 11.3 Å². The van der Waals surface area contributed by atoms with Crippen molar-refractivity contribution in [2.24, 2.45) is 0 Å². The van der Waals surface area contributed by atoms with Gasteiger partial charge in [0.1, 0.15) is 0 Å². The minimum absolute atomic E-state index is 0.144. The molecule has 0 bridgehead atoms. The third-order valence-electron chi connectivity index (χ3n) is 4.36. The van der Waals surface area contributed by atoms with Crippen molar-refractivity contribution in [3.8, 4) is 0 Å². The molecule has 152 valence electrons. The van der Waals surface area contributed by atoms with Gasteiger partial charge in [-0.2, -0.15) is 0 Å². The molecule has 1 aromatic carbocycles. The molecule has 1 aromatic heterocycles. The summed E-state index contributed by atoms with van der Waals surface area (Å²) in [5, 5.41) is 7.54. The standard InChI is InChI=1S/C20H28N4O3S/c1-4-23(5-2)12-13-24(15-18-7-6-14-28-18)19(25)21-16-8-10-17(11-9-16)22-20(26)27-3/h6-11,14H,4-5,12-13,15H2,1-3H3,(H,21,25)(H,22,26). The summed E-state index contributed by atoms with van der Waals surface area (Å²) >= 11 is 1.64. The molecule has 0 unspecified atom stereocenters. The molecular weight excluding hydrogens is 376 g/mol. The number of nitrogens with zero attached hydrogens (tertiary/aromatic N) is 2. The molecule has 28 heavy (non-hydrogen) atoms. The molecule has 0 aliphatic heterocycles. The zero-order chi connectivity index (χ0) is 20.4. The number of methoxy groups -OCH3 is 1. The van der Waals surface area contributed by atoms with Gasteiger partial charge in [-0.3, -0.25) is 5.32 Å². The lowest BCUT2D eigenvalue weighted by Gasteiger charge is -2.26. The van der Waals surface area contributed by atoms with Crippen molar-refractivity contribution in [2.45, 2.75) is 20.4 Å². The van der Waals surface area contributed by atoms with Crippen LogP contribution < -0.4 is 10.6 Å². The van der Waals surface area contributed by atoms with Crippen molar-refractivity contribution in [1.29, 1.82) is 0 Å². The summed E-state index contributed by atoms with van der Waals surface area (Å²) in [4.78, 5) is 29.4. The first-order chi connectivity index (χ1) is 13.5. The highest BCUT2D eigenvalue weighted by molar-refractivity contribution is 7.09. The molecule has 2 rings (SSSR count). The maximum atomic E-state index is 12.8. The number of hydrogen-bond donors (Lipinski definition) is 2. The van der Waals surface area contributed by atoms with E-state index in [1.165, 1.54) is 7.11 Å². The quantitative estimate of drug-likeness (QED) is 0.653. The van der Waals surface area contributed by atoms with Gasteiger partial charge in [0, 0.05) is 29.3 Å². The van der Waals surface area contributed by atoms with E-state index in [-0.39, 0.29) is 6.03 Å². The van der Waals surface area contributed by atoms with Crippen LogP contribution >= 0.6 is 11.3 Å². The van der Waals surface area contributed by atoms with Gasteiger partial charge in [0.25, 0.3) is 0 Å². The number of anilines is 2. The van der Waals surface area contributed by atoms with E-state index in [0.717, 1.165) is 24.5 Å². The molecule has 0 spiro atoms. The molecule has 3 amide bonds. The minimum Gasteiger partial charge on any atom is -0.453 e.